The number of nitrogens with one attached hydrogen (secondary N) is 1. The molecule has 8 heteroatoms. The molecule has 2 aromatic rings. The fourth-order valence-corrected chi connectivity index (χ4v) is 3.52. The molecule has 0 amide bonds. The lowest BCUT2D eigenvalue weighted by molar-refractivity contribution is 0.0703. The van der Waals surface area contributed by atoms with Crippen molar-refractivity contribution in [1.29, 1.82) is 0 Å². The molecule has 0 aliphatic heterocycles. The van der Waals surface area contributed by atoms with E-state index in [-0.39, 0.29) is 16.3 Å². The van der Waals surface area contributed by atoms with Crippen molar-refractivity contribution in [3.05, 3.63) is 52.0 Å². The van der Waals surface area contributed by atoms with Crippen molar-refractivity contribution in [2.75, 3.05) is 4.72 Å². The summed E-state index contributed by atoms with van der Waals surface area (Å²) in [6.07, 6.45) is 0. The second-order valence-corrected chi connectivity index (χ2v) is 6.59. The van der Waals surface area contributed by atoms with Gasteiger partial charge in [-0.2, -0.15) is 0 Å². The van der Waals surface area contributed by atoms with E-state index in [9.17, 15) is 17.6 Å². The van der Waals surface area contributed by atoms with Gasteiger partial charge in [-0.1, -0.05) is 12.1 Å². The van der Waals surface area contributed by atoms with Gasteiger partial charge in [0.05, 0.1) is 11.4 Å². The van der Waals surface area contributed by atoms with Crippen LogP contribution < -0.4 is 4.72 Å². The van der Waals surface area contributed by atoms with Crippen molar-refractivity contribution in [3.8, 4) is 0 Å². The Morgan fingerprint density at radius 3 is 2.50 bits per heavy atom. The molecule has 5 nitrogen and oxygen atoms in total. The van der Waals surface area contributed by atoms with Gasteiger partial charge in [0.15, 0.2) is 0 Å². The normalized spacial score (nSPS) is 11.2. The van der Waals surface area contributed by atoms with Crippen LogP contribution in [-0.4, -0.2) is 19.5 Å². The smallest absolute Gasteiger partial charge is 0.348 e. The van der Waals surface area contributed by atoms with Crippen LogP contribution in [0, 0.1) is 5.82 Å². The lowest BCUT2D eigenvalue weighted by Crippen LogP contribution is -2.16. The first-order chi connectivity index (χ1) is 9.37. The number of thiophene rings is 1. The molecule has 0 saturated heterocycles. The summed E-state index contributed by atoms with van der Waals surface area (Å²) in [6, 6.07) is 6.44. The number of hydrogen-bond acceptors (Lipinski definition) is 4. The maximum absolute atomic E-state index is 12.7. The molecule has 0 fully saturated rings. The Bertz CT molecular complexity index is 722. The van der Waals surface area contributed by atoms with E-state index in [1.165, 1.54) is 23.6 Å². The summed E-state index contributed by atoms with van der Waals surface area (Å²) in [5, 5.41) is 10.4. The minimum Gasteiger partial charge on any atom is -0.477 e. The van der Waals surface area contributed by atoms with Crippen molar-refractivity contribution in [3.63, 3.8) is 0 Å². The van der Waals surface area contributed by atoms with E-state index >= 15 is 0 Å². The predicted octanol–water partition coefficient (Wildman–Crippen LogP) is 2.53. The van der Waals surface area contributed by atoms with Gasteiger partial charge in [0, 0.05) is 0 Å². The fourth-order valence-electron chi connectivity index (χ4n) is 1.56. The second kappa shape index (κ2) is 5.59. The van der Waals surface area contributed by atoms with Gasteiger partial charge in [-0.15, -0.1) is 11.3 Å². The van der Waals surface area contributed by atoms with Gasteiger partial charge >= 0.3 is 5.97 Å². The van der Waals surface area contributed by atoms with E-state index < -0.39 is 21.8 Å². The summed E-state index contributed by atoms with van der Waals surface area (Å²) in [5.41, 5.74) is 0.440. The molecule has 0 unspecified atom stereocenters. The number of anilines is 1. The highest BCUT2D eigenvalue weighted by Crippen LogP contribution is 2.24. The van der Waals surface area contributed by atoms with Crippen LogP contribution in [0.3, 0.4) is 0 Å². The summed E-state index contributed by atoms with van der Waals surface area (Å²) < 4.78 is 38.8. The zero-order valence-corrected chi connectivity index (χ0v) is 11.7. The van der Waals surface area contributed by atoms with E-state index in [0.717, 1.165) is 23.5 Å². The van der Waals surface area contributed by atoms with Crippen LogP contribution in [0.2, 0.25) is 0 Å². The van der Waals surface area contributed by atoms with E-state index in [2.05, 4.69) is 4.72 Å². The Labute approximate surface area is 118 Å². The monoisotopic (exact) mass is 315 g/mol. The molecule has 2 N–H and O–H groups in total. The second-order valence-electron chi connectivity index (χ2n) is 3.96. The largest absolute Gasteiger partial charge is 0.477 e. The van der Waals surface area contributed by atoms with Crippen LogP contribution in [0.1, 0.15) is 15.2 Å². The Kier molecular flexibility index (Phi) is 4.05. The van der Waals surface area contributed by atoms with E-state index in [4.69, 9.17) is 5.11 Å². The molecule has 0 saturated carbocycles. The minimum absolute atomic E-state index is 0.0320. The fraction of sp³-hybridized carbons (Fsp3) is 0.0833. The number of carboxylic acid groups (broad SMARTS) is 1. The summed E-state index contributed by atoms with van der Waals surface area (Å²) in [6.45, 7) is 0. The standard InChI is InChI=1S/C12H10FNO4S2/c13-9-3-1-8(2-4-9)7-20(17,18)14-10-5-6-19-11(10)12(15)16/h1-6,14H,7H2,(H,15,16). The van der Waals surface area contributed by atoms with Crippen molar-refractivity contribution < 1.29 is 22.7 Å². The first-order valence-electron chi connectivity index (χ1n) is 5.43. The van der Waals surface area contributed by atoms with Crippen LogP contribution in [0.4, 0.5) is 10.1 Å². The topological polar surface area (TPSA) is 83.5 Å². The molecular formula is C12H10FNO4S2. The molecular weight excluding hydrogens is 305 g/mol. The molecule has 0 atom stereocenters. The lowest BCUT2D eigenvalue weighted by atomic mass is 10.2. The van der Waals surface area contributed by atoms with E-state index in [1.807, 2.05) is 0 Å². The van der Waals surface area contributed by atoms with E-state index in [1.54, 1.807) is 0 Å². The van der Waals surface area contributed by atoms with Crippen LogP contribution in [0.25, 0.3) is 0 Å². The number of carboxylic acids is 1. The summed E-state index contributed by atoms with van der Waals surface area (Å²) in [4.78, 5) is 10.8. The third-order valence-electron chi connectivity index (χ3n) is 2.39. The van der Waals surface area contributed by atoms with Gasteiger partial charge in [-0.05, 0) is 29.1 Å². The van der Waals surface area contributed by atoms with Gasteiger partial charge in [-0.25, -0.2) is 17.6 Å². The SMILES string of the molecule is O=C(O)c1sccc1NS(=O)(=O)Cc1ccc(F)cc1. The summed E-state index contributed by atoms with van der Waals surface area (Å²) in [7, 11) is -3.76. The number of rotatable bonds is 5. The van der Waals surface area contributed by atoms with Gasteiger partial charge in [-0.3, -0.25) is 4.72 Å². The highest BCUT2D eigenvalue weighted by atomic mass is 32.2. The Morgan fingerprint density at radius 2 is 1.90 bits per heavy atom. The molecule has 0 bridgehead atoms. The van der Waals surface area contributed by atoms with Gasteiger partial charge in [0.2, 0.25) is 10.0 Å². The van der Waals surface area contributed by atoms with Crippen LogP contribution in [0.15, 0.2) is 35.7 Å². The maximum Gasteiger partial charge on any atom is 0.348 e. The minimum atomic E-state index is -3.76. The quantitative estimate of drug-likeness (QED) is 0.888. The molecule has 106 valence electrons. The Balaban J connectivity index is 2.17. The van der Waals surface area contributed by atoms with Crippen molar-refractivity contribution >= 4 is 33.0 Å². The first kappa shape index (κ1) is 14.5. The zero-order chi connectivity index (χ0) is 14.8. The van der Waals surface area contributed by atoms with Crippen LogP contribution in [0.5, 0.6) is 0 Å². The molecule has 0 aliphatic carbocycles. The van der Waals surface area contributed by atoms with Gasteiger partial charge < -0.3 is 5.11 Å². The molecule has 0 radical (unpaired) electrons. The average molecular weight is 315 g/mol. The maximum atomic E-state index is 12.7. The average Bonchev–Trinajstić information content (AvgIpc) is 2.79. The van der Waals surface area contributed by atoms with Gasteiger partial charge in [0.1, 0.15) is 10.7 Å². The summed E-state index contributed by atoms with van der Waals surface area (Å²) in [5.74, 6) is -2.01. The number of hydrogen-bond donors (Lipinski definition) is 2. The first-order valence-corrected chi connectivity index (χ1v) is 7.96. The van der Waals surface area contributed by atoms with Gasteiger partial charge in [0.25, 0.3) is 0 Å². The lowest BCUT2D eigenvalue weighted by Gasteiger charge is -2.07. The summed E-state index contributed by atoms with van der Waals surface area (Å²) >= 11 is 0.931. The zero-order valence-electron chi connectivity index (χ0n) is 10.0. The highest BCUT2D eigenvalue weighted by Gasteiger charge is 2.18. The molecule has 1 heterocycles. The van der Waals surface area contributed by atoms with Crippen molar-refractivity contribution in [1.82, 2.24) is 0 Å². The molecule has 1 aromatic heterocycles. The predicted molar refractivity (Wildman–Crippen MR) is 73.9 cm³/mol. The number of carbonyl (C=O) groups is 1. The van der Waals surface area contributed by atoms with Crippen LogP contribution in [-0.2, 0) is 15.8 Å². The molecule has 0 spiro atoms. The molecule has 20 heavy (non-hydrogen) atoms. The third kappa shape index (κ3) is 3.55. The van der Waals surface area contributed by atoms with E-state index in [0.29, 0.717) is 5.56 Å². The van der Waals surface area contributed by atoms with Crippen molar-refractivity contribution in [2.24, 2.45) is 0 Å². The highest BCUT2D eigenvalue weighted by molar-refractivity contribution is 7.91. The number of aromatic carboxylic acids is 1. The number of sulfonamides is 1. The Morgan fingerprint density at radius 1 is 1.25 bits per heavy atom. The molecule has 2 rings (SSSR count). The Hall–Kier alpha value is -1.93. The molecule has 0 aliphatic rings. The third-order valence-corrected chi connectivity index (χ3v) is 4.54. The molecule has 1 aromatic carbocycles. The number of benzene rings is 1. The number of halogens is 1. The van der Waals surface area contributed by atoms with Crippen LogP contribution >= 0.6 is 11.3 Å². The van der Waals surface area contributed by atoms with Crippen molar-refractivity contribution in [2.45, 2.75) is 5.75 Å².